The summed E-state index contributed by atoms with van der Waals surface area (Å²) < 4.78 is 22.5. The number of aromatic hydroxyl groups is 2. The van der Waals surface area contributed by atoms with E-state index in [4.69, 9.17) is 0 Å². The van der Waals surface area contributed by atoms with Crippen LogP contribution in [0.25, 0.3) is 0 Å². The van der Waals surface area contributed by atoms with Gasteiger partial charge in [0.15, 0.2) is 21.3 Å². The first-order valence-corrected chi connectivity index (χ1v) is 7.30. The molecular weight excluding hydrogens is 240 g/mol. The summed E-state index contributed by atoms with van der Waals surface area (Å²) in [6.07, 6.45) is 1.09. The van der Waals surface area contributed by atoms with Crippen molar-refractivity contribution in [2.45, 2.75) is 31.9 Å². The van der Waals surface area contributed by atoms with Crippen LogP contribution in [0.4, 0.5) is 0 Å². The summed E-state index contributed by atoms with van der Waals surface area (Å²) in [5.41, 5.74) is 0.793. The SMILES string of the molecule is CC(C)(C)c1cc(O)c(O)c(CS(C)(=O)=O)c1. The normalized spacial score (nSPS) is 12.7. The topological polar surface area (TPSA) is 74.6 Å². The van der Waals surface area contributed by atoms with E-state index >= 15 is 0 Å². The summed E-state index contributed by atoms with van der Waals surface area (Å²) in [7, 11) is -3.25. The van der Waals surface area contributed by atoms with Crippen molar-refractivity contribution in [2.24, 2.45) is 0 Å². The summed E-state index contributed by atoms with van der Waals surface area (Å²) in [4.78, 5) is 0. The van der Waals surface area contributed by atoms with Gasteiger partial charge in [-0.1, -0.05) is 26.8 Å². The predicted molar refractivity (Wildman–Crippen MR) is 67.0 cm³/mol. The Morgan fingerprint density at radius 1 is 1.18 bits per heavy atom. The molecule has 17 heavy (non-hydrogen) atoms. The van der Waals surface area contributed by atoms with Gasteiger partial charge in [-0.15, -0.1) is 0 Å². The number of hydrogen-bond acceptors (Lipinski definition) is 4. The smallest absolute Gasteiger partial charge is 0.161 e. The lowest BCUT2D eigenvalue weighted by Gasteiger charge is -2.21. The van der Waals surface area contributed by atoms with Crippen molar-refractivity contribution in [3.05, 3.63) is 23.3 Å². The van der Waals surface area contributed by atoms with Crippen LogP contribution >= 0.6 is 0 Å². The molecular formula is C12H18O4S. The van der Waals surface area contributed by atoms with Crippen molar-refractivity contribution in [3.8, 4) is 11.5 Å². The molecule has 0 fully saturated rings. The lowest BCUT2D eigenvalue weighted by atomic mass is 9.86. The number of hydrogen-bond donors (Lipinski definition) is 2. The summed E-state index contributed by atoms with van der Waals surface area (Å²) >= 11 is 0. The molecule has 1 aromatic rings. The molecule has 0 aliphatic heterocycles. The third kappa shape index (κ3) is 3.63. The largest absolute Gasteiger partial charge is 0.504 e. The van der Waals surface area contributed by atoms with E-state index in [9.17, 15) is 18.6 Å². The number of benzene rings is 1. The number of rotatable bonds is 2. The molecule has 4 nitrogen and oxygen atoms in total. The Labute approximate surface area is 102 Å². The van der Waals surface area contributed by atoms with Crippen LogP contribution in [0, 0.1) is 0 Å². The highest BCUT2D eigenvalue weighted by molar-refractivity contribution is 7.89. The van der Waals surface area contributed by atoms with Crippen molar-refractivity contribution in [3.63, 3.8) is 0 Å². The van der Waals surface area contributed by atoms with Gasteiger partial charge in [0.25, 0.3) is 0 Å². The van der Waals surface area contributed by atoms with E-state index in [-0.39, 0.29) is 28.2 Å². The van der Waals surface area contributed by atoms with Crippen LogP contribution in [0.2, 0.25) is 0 Å². The zero-order chi connectivity index (χ0) is 13.4. The highest BCUT2D eigenvalue weighted by atomic mass is 32.2. The maximum atomic E-state index is 11.2. The van der Waals surface area contributed by atoms with Crippen LogP contribution in [0.3, 0.4) is 0 Å². The van der Waals surface area contributed by atoms with Crippen molar-refractivity contribution < 1.29 is 18.6 Å². The monoisotopic (exact) mass is 258 g/mol. The molecule has 0 saturated carbocycles. The third-order valence-corrected chi connectivity index (χ3v) is 3.29. The molecule has 0 spiro atoms. The number of phenolic OH excluding ortho intramolecular Hbond substituents is 2. The van der Waals surface area contributed by atoms with Crippen LogP contribution < -0.4 is 0 Å². The lowest BCUT2D eigenvalue weighted by Crippen LogP contribution is -2.12. The average Bonchev–Trinajstić information content (AvgIpc) is 2.08. The zero-order valence-corrected chi connectivity index (χ0v) is 11.3. The lowest BCUT2D eigenvalue weighted by molar-refractivity contribution is 0.398. The molecule has 0 aromatic heterocycles. The van der Waals surface area contributed by atoms with Crippen molar-refractivity contribution in [1.29, 1.82) is 0 Å². The summed E-state index contributed by atoms with van der Waals surface area (Å²) in [5, 5.41) is 19.2. The minimum absolute atomic E-state index is 0.225. The average molecular weight is 258 g/mol. The summed E-state index contributed by atoms with van der Waals surface area (Å²) in [6, 6.07) is 3.08. The van der Waals surface area contributed by atoms with Crippen molar-refractivity contribution in [1.82, 2.24) is 0 Å². The number of phenols is 2. The Morgan fingerprint density at radius 2 is 1.71 bits per heavy atom. The summed E-state index contributed by atoms with van der Waals surface area (Å²) in [6.45, 7) is 5.84. The van der Waals surface area contributed by atoms with E-state index in [0.29, 0.717) is 0 Å². The molecule has 0 aliphatic carbocycles. The molecule has 0 bridgehead atoms. The molecule has 0 radical (unpaired) electrons. The van der Waals surface area contributed by atoms with Crippen LogP contribution in [0.15, 0.2) is 12.1 Å². The molecule has 0 atom stereocenters. The fourth-order valence-corrected chi connectivity index (χ4v) is 2.29. The fraction of sp³-hybridized carbons (Fsp3) is 0.500. The van der Waals surface area contributed by atoms with Gasteiger partial charge in [-0.25, -0.2) is 8.42 Å². The first kappa shape index (κ1) is 13.8. The van der Waals surface area contributed by atoms with Crippen molar-refractivity contribution >= 4 is 9.84 Å². The van der Waals surface area contributed by atoms with Gasteiger partial charge in [0.1, 0.15) is 0 Å². The van der Waals surface area contributed by atoms with Gasteiger partial charge < -0.3 is 10.2 Å². The fourth-order valence-electron chi connectivity index (χ4n) is 1.50. The van der Waals surface area contributed by atoms with E-state index in [0.717, 1.165) is 11.8 Å². The van der Waals surface area contributed by atoms with E-state index in [1.807, 2.05) is 20.8 Å². The van der Waals surface area contributed by atoms with Gasteiger partial charge in [-0.2, -0.15) is 0 Å². The highest BCUT2D eigenvalue weighted by Gasteiger charge is 2.20. The second-order valence-corrected chi connectivity index (χ2v) is 7.46. The van der Waals surface area contributed by atoms with Crippen LogP contribution in [0.1, 0.15) is 31.9 Å². The Kier molecular flexibility index (Phi) is 3.43. The second-order valence-electron chi connectivity index (χ2n) is 5.32. The Morgan fingerprint density at radius 3 is 2.12 bits per heavy atom. The molecule has 0 unspecified atom stereocenters. The molecule has 0 heterocycles. The van der Waals surface area contributed by atoms with Crippen LogP contribution in [-0.2, 0) is 21.0 Å². The number of sulfone groups is 1. The molecule has 5 heteroatoms. The van der Waals surface area contributed by atoms with Gasteiger partial charge >= 0.3 is 0 Å². The molecule has 1 rings (SSSR count). The molecule has 96 valence electrons. The summed E-state index contributed by atoms with van der Waals surface area (Å²) in [5.74, 6) is -0.921. The third-order valence-electron chi connectivity index (χ3n) is 2.45. The molecule has 0 saturated heterocycles. The Bertz CT molecular complexity index is 524. The Balaban J connectivity index is 3.36. The van der Waals surface area contributed by atoms with E-state index < -0.39 is 9.84 Å². The van der Waals surface area contributed by atoms with Crippen LogP contribution in [-0.4, -0.2) is 24.9 Å². The van der Waals surface area contributed by atoms with E-state index in [1.165, 1.54) is 6.07 Å². The standard InChI is InChI=1S/C12H18O4S/c1-12(2,3)9-5-8(7-17(4,15)16)11(14)10(13)6-9/h5-6,13-14H,7H2,1-4H3. The molecule has 0 aliphatic rings. The maximum absolute atomic E-state index is 11.2. The first-order chi connectivity index (χ1) is 7.50. The molecule has 2 N–H and O–H groups in total. The Hall–Kier alpha value is -1.23. The first-order valence-electron chi connectivity index (χ1n) is 5.24. The van der Waals surface area contributed by atoms with Gasteiger partial charge in [0.2, 0.25) is 0 Å². The van der Waals surface area contributed by atoms with Gasteiger partial charge in [0.05, 0.1) is 5.75 Å². The van der Waals surface area contributed by atoms with E-state index in [2.05, 4.69) is 0 Å². The van der Waals surface area contributed by atoms with Gasteiger partial charge in [0, 0.05) is 11.8 Å². The van der Waals surface area contributed by atoms with E-state index in [1.54, 1.807) is 6.07 Å². The van der Waals surface area contributed by atoms with Crippen molar-refractivity contribution in [2.75, 3.05) is 6.26 Å². The minimum Gasteiger partial charge on any atom is -0.504 e. The molecule has 1 aromatic carbocycles. The minimum atomic E-state index is -3.25. The maximum Gasteiger partial charge on any atom is 0.161 e. The zero-order valence-electron chi connectivity index (χ0n) is 10.5. The second kappa shape index (κ2) is 4.22. The van der Waals surface area contributed by atoms with Gasteiger partial charge in [-0.05, 0) is 17.0 Å². The highest BCUT2D eigenvalue weighted by Crippen LogP contribution is 2.35. The predicted octanol–water partition coefficient (Wildman–Crippen LogP) is 1.94. The van der Waals surface area contributed by atoms with Crippen LogP contribution in [0.5, 0.6) is 11.5 Å². The quantitative estimate of drug-likeness (QED) is 0.795. The van der Waals surface area contributed by atoms with Gasteiger partial charge in [-0.3, -0.25) is 0 Å². The molecule has 0 amide bonds.